The Labute approximate surface area is 141 Å². The molecule has 0 amide bonds. The van der Waals surface area contributed by atoms with Gasteiger partial charge in [-0.3, -0.25) is 0 Å². The normalized spacial score (nSPS) is 12.8. The van der Waals surface area contributed by atoms with Gasteiger partial charge in [-0.15, -0.1) is 0 Å². The Bertz CT molecular complexity index is 715. The van der Waals surface area contributed by atoms with Crippen LogP contribution in [-0.4, -0.2) is 27.6 Å². The summed E-state index contributed by atoms with van der Waals surface area (Å²) in [7, 11) is 0. The van der Waals surface area contributed by atoms with Crippen LogP contribution in [0.2, 0.25) is 0 Å². The number of hydrogen-bond acceptors (Lipinski definition) is 6. The molecule has 3 N–H and O–H groups in total. The molecule has 1 aromatic carbocycles. The zero-order valence-electron chi connectivity index (χ0n) is 14.7. The second kappa shape index (κ2) is 6.98. The second-order valence-electron chi connectivity index (χ2n) is 6.44. The van der Waals surface area contributed by atoms with Crippen molar-refractivity contribution in [3.63, 3.8) is 0 Å². The lowest BCUT2D eigenvalue weighted by molar-refractivity contribution is 0.206. The summed E-state index contributed by atoms with van der Waals surface area (Å²) in [6.07, 6.45) is 0. The van der Waals surface area contributed by atoms with E-state index in [4.69, 9.17) is 10.5 Å². The van der Waals surface area contributed by atoms with Gasteiger partial charge in [0.25, 0.3) is 0 Å². The number of nitrogens with one attached hydrogen (secondary N) is 1. The number of anilines is 2. The minimum atomic E-state index is -1.69. The van der Waals surface area contributed by atoms with Gasteiger partial charge in [0.2, 0.25) is 11.9 Å². The molecule has 6 nitrogen and oxygen atoms in total. The largest absolute Gasteiger partial charge is 0.491 e. The number of nitrogens with two attached hydrogens (primary N) is 1. The van der Waals surface area contributed by atoms with E-state index in [0.717, 1.165) is 11.3 Å². The van der Waals surface area contributed by atoms with E-state index in [1.54, 1.807) is 0 Å². The molecule has 2 aromatic rings. The van der Waals surface area contributed by atoms with Crippen LogP contribution in [0.25, 0.3) is 0 Å². The van der Waals surface area contributed by atoms with E-state index < -0.39 is 5.67 Å². The quantitative estimate of drug-likeness (QED) is 0.844. The summed E-state index contributed by atoms with van der Waals surface area (Å²) < 4.78 is 19.8. The number of nitrogen functional groups attached to an aromatic ring is 1. The Morgan fingerprint density at radius 3 is 2.58 bits per heavy atom. The standard InChI is InChI=1S/C17H24FN5O/c1-10-6-7-13(11(2)8-10)24-9-12(3)20-16-22-14(17(4,5)18)21-15(19)23-16/h6-8,12H,9H2,1-5H3,(H3,19,20,21,22,23). The Balaban J connectivity index is 2.02. The summed E-state index contributed by atoms with van der Waals surface area (Å²) in [6.45, 7) is 9.11. The van der Waals surface area contributed by atoms with Gasteiger partial charge in [0, 0.05) is 0 Å². The highest BCUT2D eigenvalue weighted by Gasteiger charge is 2.24. The van der Waals surface area contributed by atoms with E-state index in [9.17, 15) is 4.39 Å². The van der Waals surface area contributed by atoms with Crippen molar-refractivity contribution in [1.82, 2.24) is 15.0 Å². The van der Waals surface area contributed by atoms with Crippen LogP contribution in [0.4, 0.5) is 16.3 Å². The SMILES string of the molecule is Cc1ccc(OCC(C)Nc2nc(N)nc(C(C)(C)F)n2)c(C)c1. The molecule has 0 fully saturated rings. The van der Waals surface area contributed by atoms with E-state index in [0.29, 0.717) is 6.61 Å². The third-order valence-electron chi connectivity index (χ3n) is 3.38. The van der Waals surface area contributed by atoms with Gasteiger partial charge in [0.1, 0.15) is 12.4 Å². The van der Waals surface area contributed by atoms with E-state index in [1.165, 1.54) is 19.4 Å². The molecule has 24 heavy (non-hydrogen) atoms. The first kappa shape index (κ1) is 17.9. The van der Waals surface area contributed by atoms with Gasteiger partial charge in [0.05, 0.1) is 6.04 Å². The molecule has 0 aliphatic heterocycles. The van der Waals surface area contributed by atoms with Crippen molar-refractivity contribution in [3.05, 3.63) is 35.2 Å². The van der Waals surface area contributed by atoms with Crippen molar-refractivity contribution < 1.29 is 9.13 Å². The van der Waals surface area contributed by atoms with Crippen LogP contribution in [0.3, 0.4) is 0 Å². The Hall–Kier alpha value is -2.44. The van der Waals surface area contributed by atoms with Crippen molar-refractivity contribution >= 4 is 11.9 Å². The molecule has 0 aliphatic rings. The Kier molecular flexibility index (Phi) is 5.21. The predicted octanol–water partition coefficient (Wildman–Crippen LogP) is 3.15. The minimum Gasteiger partial charge on any atom is -0.491 e. The smallest absolute Gasteiger partial charge is 0.228 e. The molecule has 0 saturated carbocycles. The fourth-order valence-electron chi connectivity index (χ4n) is 2.16. The van der Waals surface area contributed by atoms with Crippen LogP contribution >= 0.6 is 0 Å². The van der Waals surface area contributed by atoms with E-state index in [2.05, 4.69) is 26.3 Å². The molecular weight excluding hydrogens is 309 g/mol. The molecule has 1 unspecified atom stereocenters. The Morgan fingerprint density at radius 2 is 1.96 bits per heavy atom. The van der Waals surface area contributed by atoms with Crippen molar-refractivity contribution in [3.8, 4) is 5.75 Å². The van der Waals surface area contributed by atoms with Gasteiger partial charge >= 0.3 is 0 Å². The van der Waals surface area contributed by atoms with Crippen molar-refractivity contribution in [2.24, 2.45) is 0 Å². The minimum absolute atomic E-state index is 0.00000241. The lowest BCUT2D eigenvalue weighted by Gasteiger charge is -2.18. The lowest BCUT2D eigenvalue weighted by Crippen LogP contribution is -2.26. The molecule has 0 spiro atoms. The van der Waals surface area contributed by atoms with E-state index in [-0.39, 0.29) is 23.8 Å². The summed E-state index contributed by atoms with van der Waals surface area (Å²) in [4.78, 5) is 11.9. The number of halogens is 1. The highest BCUT2D eigenvalue weighted by molar-refractivity contribution is 5.36. The maximum atomic E-state index is 14.0. The van der Waals surface area contributed by atoms with Gasteiger partial charge < -0.3 is 15.8 Å². The summed E-state index contributed by atoms with van der Waals surface area (Å²) in [5.74, 6) is 1.05. The summed E-state index contributed by atoms with van der Waals surface area (Å²) in [5, 5.41) is 3.06. The van der Waals surface area contributed by atoms with Gasteiger partial charge in [-0.25, -0.2) is 4.39 Å². The zero-order chi connectivity index (χ0) is 17.9. The van der Waals surface area contributed by atoms with E-state index in [1.807, 2.05) is 32.9 Å². The first-order chi connectivity index (χ1) is 11.1. The Morgan fingerprint density at radius 1 is 1.25 bits per heavy atom. The number of benzene rings is 1. The number of rotatable bonds is 6. The van der Waals surface area contributed by atoms with Crippen molar-refractivity contribution in [2.45, 2.75) is 46.3 Å². The molecule has 0 radical (unpaired) electrons. The first-order valence-electron chi connectivity index (χ1n) is 7.82. The molecule has 0 saturated heterocycles. The number of aryl methyl sites for hydroxylation is 2. The van der Waals surface area contributed by atoms with Crippen LogP contribution < -0.4 is 15.8 Å². The number of hydrogen-bond donors (Lipinski definition) is 2. The fraction of sp³-hybridized carbons (Fsp3) is 0.471. The molecule has 130 valence electrons. The van der Waals surface area contributed by atoms with Gasteiger partial charge in [-0.2, -0.15) is 15.0 Å². The number of ether oxygens (including phenoxy) is 1. The molecule has 2 rings (SSSR count). The first-order valence-corrected chi connectivity index (χ1v) is 7.82. The molecule has 1 atom stereocenters. The second-order valence-corrected chi connectivity index (χ2v) is 6.44. The molecule has 0 bridgehead atoms. The highest BCUT2D eigenvalue weighted by Crippen LogP contribution is 2.22. The summed E-state index contributed by atoms with van der Waals surface area (Å²) in [5.41, 5.74) is 6.21. The number of aromatic nitrogens is 3. The maximum absolute atomic E-state index is 14.0. The molecule has 1 heterocycles. The third-order valence-corrected chi connectivity index (χ3v) is 3.38. The van der Waals surface area contributed by atoms with Crippen molar-refractivity contribution in [1.29, 1.82) is 0 Å². The molecular formula is C17H24FN5O. The average molecular weight is 333 g/mol. The van der Waals surface area contributed by atoms with Crippen LogP contribution in [0.5, 0.6) is 5.75 Å². The summed E-state index contributed by atoms with van der Waals surface area (Å²) >= 11 is 0. The fourth-order valence-corrected chi connectivity index (χ4v) is 2.16. The maximum Gasteiger partial charge on any atom is 0.228 e. The molecule has 0 aliphatic carbocycles. The molecule has 1 aromatic heterocycles. The monoisotopic (exact) mass is 333 g/mol. The number of nitrogens with zero attached hydrogens (tertiary/aromatic N) is 3. The highest BCUT2D eigenvalue weighted by atomic mass is 19.1. The van der Waals surface area contributed by atoms with Crippen molar-refractivity contribution in [2.75, 3.05) is 17.7 Å². The van der Waals surface area contributed by atoms with Crippen LogP contribution in [-0.2, 0) is 5.67 Å². The average Bonchev–Trinajstić information content (AvgIpc) is 2.44. The zero-order valence-corrected chi connectivity index (χ0v) is 14.7. The van der Waals surface area contributed by atoms with Crippen LogP contribution in [0.15, 0.2) is 18.2 Å². The van der Waals surface area contributed by atoms with Crippen LogP contribution in [0.1, 0.15) is 37.7 Å². The van der Waals surface area contributed by atoms with Crippen LogP contribution in [0, 0.1) is 13.8 Å². The van der Waals surface area contributed by atoms with Gasteiger partial charge in [-0.1, -0.05) is 17.7 Å². The number of alkyl halides is 1. The molecule has 7 heteroatoms. The van der Waals surface area contributed by atoms with Gasteiger partial charge in [-0.05, 0) is 46.2 Å². The van der Waals surface area contributed by atoms with Gasteiger partial charge in [0.15, 0.2) is 11.5 Å². The lowest BCUT2D eigenvalue weighted by atomic mass is 10.1. The van der Waals surface area contributed by atoms with E-state index >= 15 is 0 Å². The summed E-state index contributed by atoms with van der Waals surface area (Å²) in [6, 6.07) is 5.92. The predicted molar refractivity (Wildman–Crippen MR) is 92.9 cm³/mol. The topological polar surface area (TPSA) is 86.0 Å². The third kappa shape index (κ3) is 4.78.